The topological polar surface area (TPSA) is 125 Å². The van der Waals surface area contributed by atoms with Gasteiger partial charge in [0.05, 0.1) is 6.61 Å². The number of esters is 1. The third kappa shape index (κ3) is 5.36. The van der Waals surface area contributed by atoms with E-state index in [-0.39, 0.29) is 32.3 Å². The van der Waals surface area contributed by atoms with E-state index in [2.05, 4.69) is 21.4 Å². The first-order chi connectivity index (χ1) is 12.7. The minimum atomic E-state index is -6.20. The third-order valence-corrected chi connectivity index (χ3v) is 4.47. The largest absolute Gasteiger partial charge is 0.743 e. The molecular weight excluding hydrogens is 423 g/mol. The van der Waals surface area contributed by atoms with Crippen molar-refractivity contribution in [3.8, 4) is 0 Å². The monoisotopic (exact) mass is 439 g/mol. The van der Waals surface area contributed by atoms with Gasteiger partial charge in [0.25, 0.3) is 0 Å². The molecule has 0 spiro atoms. The molecule has 9 nitrogen and oxygen atoms in total. The Kier molecular flexibility index (Phi) is 7.49. The van der Waals surface area contributed by atoms with E-state index in [1.807, 2.05) is 0 Å². The molecule has 1 unspecified atom stereocenters. The Balaban J connectivity index is 3.22. The molecule has 1 rings (SSSR count). The molecule has 1 aliphatic rings. The highest BCUT2D eigenvalue weighted by Crippen LogP contribution is 2.38. The van der Waals surface area contributed by atoms with Crippen LogP contribution in [0.5, 0.6) is 0 Å². The maximum atomic E-state index is 13.7. The molecule has 162 valence electrons. The van der Waals surface area contributed by atoms with Gasteiger partial charge in [-0.1, -0.05) is 6.58 Å². The molecule has 1 heterocycles. The number of carbonyl (C=O) groups is 2. The number of hydrogen-bond donors (Lipinski definition) is 1. The van der Waals surface area contributed by atoms with E-state index in [1.165, 1.54) is 0 Å². The lowest BCUT2D eigenvalue weighted by Crippen LogP contribution is -2.64. The molecule has 1 atom stereocenters. The number of halogens is 5. The number of amides is 1. The molecule has 0 aromatic rings. The van der Waals surface area contributed by atoms with Crippen molar-refractivity contribution in [2.24, 2.45) is 0 Å². The number of nitrogens with one attached hydrogen (secondary N) is 1. The van der Waals surface area contributed by atoms with Gasteiger partial charge in [0.15, 0.2) is 10.1 Å². The maximum absolute atomic E-state index is 13.7. The SMILES string of the molecule is C=CC(=O)OC(OCCC(F)(F)S(=O)(=O)[O-])(C(=O)N1CCNCC1)C(F)(F)F. The van der Waals surface area contributed by atoms with E-state index in [0.717, 1.165) is 0 Å². The highest BCUT2D eigenvalue weighted by molar-refractivity contribution is 7.86. The summed E-state index contributed by atoms with van der Waals surface area (Å²) in [6.45, 7) is 0.857. The molecule has 0 aliphatic carbocycles. The van der Waals surface area contributed by atoms with Gasteiger partial charge in [0.1, 0.15) is 0 Å². The van der Waals surface area contributed by atoms with Crippen LogP contribution in [0.15, 0.2) is 12.7 Å². The lowest BCUT2D eigenvalue weighted by Gasteiger charge is -2.38. The number of rotatable bonds is 8. The van der Waals surface area contributed by atoms with Gasteiger partial charge in [-0.05, 0) is 0 Å². The van der Waals surface area contributed by atoms with E-state index in [9.17, 15) is 44.5 Å². The van der Waals surface area contributed by atoms with Gasteiger partial charge >= 0.3 is 29.1 Å². The van der Waals surface area contributed by atoms with Crippen LogP contribution in [-0.4, -0.2) is 79.8 Å². The summed E-state index contributed by atoms with van der Waals surface area (Å²) in [6, 6.07) is 0. The predicted octanol–water partition coefficient (Wildman–Crippen LogP) is -0.0493. The number of hydrogen-bond acceptors (Lipinski definition) is 8. The molecule has 0 aromatic carbocycles. The Hall–Kier alpha value is -1.84. The van der Waals surface area contributed by atoms with E-state index >= 15 is 0 Å². The molecule has 1 aliphatic heterocycles. The van der Waals surface area contributed by atoms with E-state index < -0.39 is 52.2 Å². The Morgan fingerprint density at radius 2 is 1.71 bits per heavy atom. The maximum Gasteiger partial charge on any atom is 0.466 e. The van der Waals surface area contributed by atoms with Crippen molar-refractivity contribution in [1.29, 1.82) is 0 Å². The average Bonchev–Trinajstić information content (AvgIpc) is 2.58. The van der Waals surface area contributed by atoms with Crippen LogP contribution >= 0.6 is 0 Å². The van der Waals surface area contributed by atoms with E-state index in [4.69, 9.17) is 0 Å². The average molecular weight is 439 g/mol. The zero-order chi connectivity index (χ0) is 21.8. The van der Waals surface area contributed by atoms with Crippen LogP contribution in [-0.2, 0) is 29.2 Å². The Bertz CT molecular complexity index is 707. The van der Waals surface area contributed by atoms with Crippen LogP contribution in [0.2, 0.25) is 0 Å². The predicted molar refractivity (Wildman–Crippen MR) is 79.7 cm³/mol. The van der Waals surface area contributed by atoms with Gasteiger partial charge in [-0.2, -0.15) is 22.0 Å². The number of piperazine rings is 1. The molecule has 0 radical (unpaired) electrons. The van der Waals surface area contributed by atoms with Gasteiger partial charge in [-0.3, -0.25) is 4.79 Å². The van der Waals surface area contributed by atoms with Gasteiger partial charge < -0.3 is 24.2 Å². The number of nitrogens with zero attached hydrogens (tertiary/aromatic N) is 1. The fraction of sp³-hybridized carbons (Fsp3) is 0.692. The van der Waals surface area contributed by atoms with Crippen molar-refractivity contribution in [3.05, 3.63) is 12.7 Å². The number of ether oxygens (including phenoxy) is 2. The molecule has 0 aromatic heterocycles. The summed E-state index contributed by atoms with van der Waals surface area (Å²) in [4.78, 5) is 24.5. The molecule has 1 N–H and O–H groups in total. The Morgan fingerprint density at radius 3 is 2.14 bits per heavy atom. The first-order valence-corrected chi connectivity index (χ1v) is 8.98. The minimum absolute atomic E-state index is 0.0988. The zero-order valence-electron chi connectivity index (χ0n) is 14.1. The van der Waals surface area contributed by atoms with Crippen molar-refractivity contribution in [3.63, 3.8) is 0 Å². The zero-order valence-corrected chi connectivity index (χ0v) is 14.9. The normalized spacial score (nSPS) is 18.3. The molecular formula is C13H16F5N2O7S-. The van der Waals surface area contributed by atoms with Crippen LogP contribution in [0.25, 0.3) is 0 Å². The highest BCUT2D eigenvalue weighted by Gasteiger charge is 2.67. The van der Waals surface area contributed by atoms with E-state index in [0.29, 0.717) is 4.90 Å². The standard InChI is InChI=1S/C13H17F5N2O7S/c1-2-9(21)27-12(13(16,17)18,10(22)20-6-4-19-5-7-20)26-8-3-11(14,15)28(23,24)25/h2,19H,1,3-8H2,(H,23,24,25)/p-1. The van der Waals surface area contributed by atoms with Gasteiger partial charge in [0.2, 0.25) is 0 Å². The lowest BCUT2D eigenvalue weighted by molar-refractivity contribution is -0.351. The van der Waals surface area contributed by atoms with Crippen molar-refractivity contribution in [2.75, 3.05) is 32.8 Å². The quantitative estimate of drug-likeness (QED) is 0.184. The van der Waals surface area contributed by atoms with Gasteiger partial charge in [-0.25, -0.2) is 13.2 Å². The van der Waals surface area contributed by atoms with Crippen molar-refractivity contribution in [1.82, 2.24) is 10.2 Å². The summed E-state index contributed by atoms with van der Waals surface area (Å²) >= 11 is 0. The summed E-state index contributed by atoms with van der Waals surface area (Å²) in [5.74, 6) is -7.97. The second-order valence-corrected chi connectivity index (χ2v) is 6.98. The first-order valence-electron chi connectivity index (χ1n) is 7.57. The van der Waals surface area contributed by atoms with Crippen LogP contribution in [0.4, 0.5) is 22.0 Å². The molecule has 0 bridgehead atoms. The fourth-order valence-electron chi connectivity index (χ4n) is 2.09. The Labute approximate surface area is 156 Å². The summed E-state index contributed by atoms with van der Waals surface area (Å²) in [5.41, 5.74) is 0. The molecule has 1 saturated heterocycles. The third-order valence-electron chi connectivity index (χ3n) is 3.53. The van der Waals surface area contributed by atoms with Crippen LogP contribution in [0, 0.1) is 0 Å². The molecule has 28 heavy (non-hydrogen) atoms. The second-order valence-electron chi connectivity index (χ2n) is 5.47. The molecule has 1 amide bonds. The van der Waals surface area contributed by atoms with Crippen LogP contribution < -0.4 is 5.32 Å². The molecule has 1 fully saturated rings. The van der Waals surface area contributed by atoms with Crippen LogP contribution in [0.1, 0.15) is 6.42 Å². The highest BCUT2D eigenvalue weighted by atomic mass is 32.2. The summed E-state index contributed by atoms with van der Waals surface area (Å²) in [5, 5.41) is -2.22. The van der Waals surface area contributed by atoms with Gasteiger partial charge in [0, 0.05) is 38.7 Å². The summed E-state index contributed by atoms with van der Waals surface area (Å²) in [7, 11) is -6.20. The number of carbonyl (C=O) groups excluding carboxylic acids is 2. The van der Waals surface area contributed by atoms with Crippen LogP contribution in [0.3, 0.4) is 0 Å². The number of alkyl halides is 5. The second kappa shape index (κ2) is 8.67. The summed E-state index contributed by atoms with van der Waals surface area (Å²) < 4.78 is 107. The lowest BCUT2D eigenvalue weighted by atomic mass is 10.2. The molecule has 0 saturated carbocycles. The fourth-order valence-corrected chi connectivity index (χ4v) is 2.43. The minimum Gasteiger partial charge on any atom is -0.743 e. The summed E-state index contributed by atoms with van der Waals surface area (Å²) in [6.07, 6.45) is -7.44. The smallest absolute Gasteiger partial charge is 0.466 e. The van der Waals surface area contributed by atoms with Crippen molar-refractivity contribution < 1.29 is 54.0 Å². The van der Waals surface area contributed by atoms with Crippen molar-refractivity contribution >= 4 is 22.0 Å². The first kappa shape index (κ1) is 24.2. The van der Waals surface area contributed by atoms with E-state index in [1.54, 1.807) is 0 Å². The Morgan fingerprint density at radius 1 is 1.18 bits per heavy atom. The van der Waals surface area contributed by atoms with Crippen molar-refractivity contribution in [2.45, 2.75) is 23.6 Å². The molecule has 15 heteroatoms. The van der Waals surface area contributed by atoms with Gasteiger partial charge in [-0.15, -0.1) is 0 Å².